The SMILES string of the molecule is COc1cc(NCc2ccncc2)ccc1C(N)=O. The van der Waals surface area contributed by atoms with Crippen LogP contribution in [0.5, 0.6) is 5.75 Å². The van der Waals surface area contributed by atoms with Gasteiger partial charge in [0.15, 0.2) is 0 Å². The van der Waals surface area contributed by atoms with E-state index in [1.165, 1.54) is 7.11 Å². The van der Waals surface area contributed by atoms with E-state index in [0.717, 1.165) is 11.3 Å². The average molecular weight is 257 g/mol. The van der Waals surface area contributed by atoms with Crippen molar-refractivity contribution in [2.75, 3.05) is 12.4 Å². The van der Waals surface area contributed by atoms with E-state index in [1.54, 1.807) is 30.6 Å². The molecule has 0 aliphatic rings. The van der Waals surface area contributed by atoms with Crippen LogP contribution in [0.2, 0.25) is 0 Å². The zero-order chi connectivity index (χ0) is 13.7. The van der Waals surface area contributed by atoms with E-state index in [2.05, 4.69) is 10.3 Å². The Labute approximate surface area is 111 Å². The number of carbonyl (C=O) groups excluding carboxylic acids is 1. The summed E-state index contributed by atoms with van der Waals surface area (Å²) < 4.78 is 5.15. The number of aromatic nitrogens is 1. The molecule has 2 aromatic rings. The second kappa shape index (κ2) is 5.86. The molecule has 0 bridgehead atoms. The van der Waals surface area contributed by atoms with Crippen LogP contribution < -0.4 is 15.8 Å². The topological polar surface area (TPSA) is 77.2 Å². The normalized spacial score (nSPS) is 9.95. The summed E-state index contributed by atoms with van der Waals surface area (Å²) in [5, 5.41) is 3.24. The lowest BCUT2D eigenvalue weighted by molar-refractivity contribution is 0.0997. The second-order valence-electron chi connectivity index (χ2n) is 3.99. The van der Waals surface area contributed by atoms with Crippen molar-refractivity contribution in [3.05, 3.63) is 53.9 Å². The van der Waals surface area contributed by atoms with Gasteiger partial charge in [0.2, 0.25) is 0 Å². The molecule has 3 N–H and O–H groups in total. The van der Waals surface area contributed by atoms with Crippen LogP contribution in [0.15, 0.2) is 42.7 Å². The Hall–Kier alpha value is -2.56. The molecular formula is C14H15N3O2. The number of nitrogens with one attached hydrogen (secondary N) is 1. The molecule has 19 heavy (non-hydrogen) atoms. The molecule has 0 saturated heterocycles. The van der Waals surface area contributed by atoms with E-state index in [9.17, 15) is 4.79 Å². The zero-order valence-electron chi connectivity index (χ0n) is 10.6. The van der Waals surface area contributed by atoms with Crippen LogP contribution >= 0.6 is 0 Å². The molecule has 0 atom stereocenters. The fourth-order valence-electron chi connectivity index (χ4n) is 1.71. The summed E-state index contributed by atoms with van der Waals surface area (Å²) in [7, 11) is 1.51. The van der Waals surface area contributed by atoms with Crippen molar-refractivity contribution in [1.29, 1.82) is 0 Å². The number of hydrogen-bond donors (Lipinski definition) is 2. The van der Waals surface area contributed by atoms with Gasteiger partial charge in [0.25, 0.3) is 5.91 Å². The number of rotatable bonds is 5. The maximum Gasteiger partial charge on any atom is 0.252 e. The first-order chi connectivity index (χ1) is 9.20. The Morgan fingerprint density at radius 2 is 2.05 bits per heavy atom. The Morgan fingerprint density at radius 3 is 2.68 bits per heavy atom. The standard InChI is InChI=1S/C14H15N3O2/c1-19-13-8-11(2-3-12(13)14(15)18)17-9-10-4-6-16-7-5-10/h2-8,17H,9H2,1H3,(H2,15,18). The zero-order valence-corrected chi connectivity index (χ0v) is 10.6. The summed E-state index contributed by atoms with van der Waals surface area (Å²) in [5.74, 6) is -0.0373. The number of amides is 1. The van der Waals surface area contributed by atoms with E-state index >= 15 is 0 Å². The monoisotopic (exact) mass is 257 g/mol. The minimum atomic E-state index is -0.502. The third kappa shape index (κ3) is 3.22. The molecule has 1 aromatic heterocycles. The number of methoxy groups -OCH3 is 1. The molecule has 0 fully saturated rings. The van der Waals surface area contributed by atoms with Crippen LogP contribution in [-0.4, -0.2) is 18.0 Å². The smallest absolute Gasteiger partial charge is 0.252 e. The predicted octanol–water partition coefficient (Wildman–Crippen LogP) is 1.80. The number of pyridine rings is 1. The average Bonchev–Trinajstić information content (AvgIpc) is 2.45. The van der Waals surface area contributed by atoms with Gasteiger partial charge in [-0.2, -0.15) is 0 Å². The minimum Gasteiger partial charge on any atom is -0.496 e. The molecule has 0 radical (unpaired) electrons. The molecule has 0 saturated carbocycles. The van der Waals surface area contributed by atoms with E-state index in [4.69, 9.17) is 10.5 Å². The molecular weight excluding hydrogens is 242 g/mol. The molecule has 1 aromatic carbocycles. The van der Waals surface area contributed by atoms with Crippen LogP contribution in [0, 0.1) is 0 Å². The minimum absolute atomic E-state index is 0.372. The van der Waals surface area contributed by atoms with Crippen molar-refractivity contribution in [1.82, 2.24) is 4.98 Å². The van der Waals surface area contributed by atoms with Crippen molar-refractivity contribution < 1.29 is 9.53 Å². The Morgan fingerprint density at radius 1 is 1.32 bits per heavy atom. The summed E-state index contributed by atoms with van der Waals surface area (Å²) in [6.45, 7) is 0.668. The number of primary amides is 1. The molecule has 0 aliphatic heterocycles. The number of anilines is 1. The summed E-state index contributed by atoms with van der Waals surface area (Å²) in [6.07, 6.45) is 3.49. The van der Waals surface area contributed by atoms with Crippen molar-refractivity contribution in [2.45, 2.75) is 6.54 Å². The number of benzene rings is 1. The van der Waals surface area contributed by atoms with Crippen molar-refractivity contribution in [3.8, 4) is 5.75 Å². The van der Waals surface area contributed by atoms with Crippen LogP contribution in [-0.2, 0) is 6.54 Å². The highest BCUT2D eigenvalue weighted by Gasteiger charge is 2.09. The van der Waals surface area contributed by atoms with Gasteiger partial charge >= 0.3 is 0 Å². The van der Waals surface area contributed by atoms with E-state index < -0.39 is 5.91 Å². The lowest BCUT2D eigenvalue weighted by atomic mass is 10.1. The van der Waals surface area contributed by atoms with E-state index in [1.807, 2.05) is 12.1 Å². The number of nitrogens with two attached hydrogens (primary N) is 1. The van der Waals surface area contributed by atoms with Gasteiger partial charge in [0.1, 0.15) is 5.75 Å². The molecule has 0 spiro atoms. The maximum atomic E-state index is 11.2. The molecule has 0 unspecified atom stereocenters. The van der Waals surface area contributed by atoms with E-state index in [0.29, 0.717) is 17.9 Å². The van der Waals surface area contributed by atoms with Crippen LogP contribution in [0.4, 0.5) is 5.69 Å². The first kappa shape index (κ1) is 12.9. The maximum absolute atomic E-state index is 11.2. The first-order valence-corrected chi connectivity index (χ1v) is 5.81. The van der Waals surface area contributed by atoms with Gasteiger partial charge in [-0.3, -0.25) is 9.78 Å². The van der Waals surface area contributed by atoms with Crippen molar-refractivity contribution in [2.24, 2.45) is 5.73 Å². The third-order valence-corrected chi connectivity index (χ3v) is 2.71. The van der Waals surface area contributed by atoms with E-state index in [-0.39, 0.29) is 0 Å². The summed E-state index contributed by atoms with van der Waals surface area (Å²) >= 11 is 0. The second-order valence-corrected chi connectivity index (χ2v) is 3.99. The number of carbonyl (C=O) groups is 1. The number of ether oxygens (including phenoxy) is 1. The van der Waals surface area contributed by atoms with Crippen LogP contribution in [0.25, 0.3) is 0 Å². The summed E-state index contributed by atoms with van der Waals surface area (Å²) in [5.41, 5.74) is 7.61. The van der Waals surface area contributed by atoms with Gasteiger partial charge in [0.05, 0.1) is 12.7 Å². The molecule has 1 heterocycles. The fourth-order valence-corrected chi connectivity index (χ4v) is 1.71. The predicted molar refractivity (Wildman–Crippen MR) is 73.1 cm³/mol. The van der Waals surface area contributed by atoms with Crippen LogP contribution in [0.3, 0.4) is 0 Å². The van der Waals surface area contributed by atoms with Crippen LogP contribution in [0.1, 0.15) is 15.9 Å². The largest absolute Gasteiger partial charge is 0.496 e. The lowest BCUT2D eigenvalue weighted by Gasteiger charge is -2.10. The number of nitrogens with zero attached hydrogens (tertiary/aromatic N) is 1. The lowest BCUT2D eigenvalue weighted by Crippen LogP contribution is -2.12. The summed E-state index contributed by atoms with van der Waals surface area (Å²) in [4.78, 5) is 15.1. The highest BCUT2D eigenvalue weighted by Crippen LogP contribution is 2.23. The Bertz CT molecular complexity index is 570. The molecule has 5 heteroatoms. The molecule has 2 rings (SSSR count). The van der Waals surface area contributed by atoms with Gasteiger partial charge in [-0.25, -0.2) is 0 Å². The molecule has 1 amide bonds. The fraction of sp³-hybridized carbons (Fsp3) is 0.143. The van der Waals surface area contributed by atoms with Gasteiger partial charge in [-0.15, -0.1) is 0 Å². The van der Waals surface area contributed by atoms with Crippen molar-refractivity contribution >= 4 is 11.6 Å². The quantitative estimate of drug-likeness (QED) is 0.856. The van der Waals surface area contributed by atoms with Gasteiger partial charge in [0, 0.05) is 30.7 Å². The molecule has 0 aliphatic carbocycles. The third-order valence-electron chi connectivity index (χ3n) is 2.71. The Balaban J connectivity index is 2.11. The van der Waals surface area contributed by atoms with Gasteiger partial charge < -0.3 is 15.8 Å². The highest BCUT2D eigenvalue weighted by molar-refractivity contribution is 5.96. The van der Waals surface area contributed by atoms with Gasteiger partial charge in [-0.05, 0) is 29.8 Å². The number of hydrogen-bond acceptors (Lipinski definition) is 4. The first-order valence-electron chi connectivity index (χ1n) is 5.81. The summed E-state index contributed by atoms with van der Waals surface area (Å²) in [6, 6.07) is 9.06. The highest BCUT2D eigenvalue weighted by atomic mass is 16.5. The Kier molecular flexibility index (Phi) is 3.97. The van der Waals surface area contributed by atoms with Gasteiger partial charge in [-0.1, -0.05) is 0 Å². The molecule has 98 valence electrons. The molecule has 5 nitrogen and oxygen atoms in total. The van der Waals surface area contributed by atoms with Crippen molar-refractivity contribution in [3.63, 3.8) is 0 Å².